The zero-order valence-corrected chi connectivity index (χ0v) is 13.3. The second-order valence-corrected chi connectivity index (χ2v) is 5.82. The van der Waals surface area contributed by atoms with E-state index >= 15 is 0 Å². The van der Waals surface area contributed by atoms with Gasteiger partial charge in [-0.15, -0.1) is 0 Å². The normalized spacial score (nSPS) is 17.6. The van der Waals surface area contributed by atoms with Crippen LogP contribution in [0.1, 0.15) is 24.2 Å². The third-order valence-electron chi connectivity index (χ3n) is 3.82. The number of carbonyl (C=O) groups is 3. The molecule has 0 aromatic heterocycles. The molecule has 23 heavy (non-hydrogen) atoms. The number of nitrogens with one attached hydrogen (secondary N) is 2. The standard InChI is InChI=1S/C17H21N3O3/c1-4-15(21)19-13-7-5-6-12(8-13)17(23)20-10-16(22)18-9-14(20)11(2)3/h4-8,11,14H,1,9-10H2,2-3H3,(H,18,22)(H,19,21). The number of nitrogens with zero attached hydrogens (tertiary/aromatic N) is 1. The highest BCUT2D eigenvalue weighted by Crippen LogP contribution is 2.19. The molecule has 2 rings (SSSR count). The number of benzene rings is 1. The topological polar surface area (TPSA) is 78.5 Å². The fourth-order valence-corrected chi connectivity index (χ4v) is 2.56. The van der Waals surface area contributed by atoms with Crippen LogP contribution in [0, 0.1) is 5.92 Å². The van der Waals surface area contributed by atoms with Gasteiger partial charge in [-0.2, -0.15) is 0 Å². The van der Waals surface area contributed by atoms with Crippen LogP contribution >= 0.6 is 0 Å². The van der Waals surface area contributed by atoms with Gasteiger partial charge in [-0.3, -0.25) is 14.4 Å². The molecular weight excluding hydrogens is 294 g/mol. The van der Waals surface area contributed by atoms with Gasteiger partial charge in [0.15, 0.2) is 0 Å². The highest BCUT2D eigenvalue weighted by Gasteiger charge is 2.32. The van der Waals surface area contributed by atoms with Crippen LogP contribution in [0.3, 0.4) is 0 Å². The van der Waals surface area contributed by atoms with Gasteiger partial charge in [-0.1, -0.05) is 26.5 Å². The first kappa shape index (κ1) is 16.7. The second-order valence-electron chi connectivity index (χ2n) is 5.82. The number of hydrogen-bond donors (Lipinski definition) is 2. The zero-order valence-electron chi connectivity index (χ0n) is 13.3. The summed E-state index contributed by atoms with van der Waals surface area (Å²) in [5.41, 5.74) is 0.954. The first-order valence-corrected chi connectivity index (χ1v) is 7.53. The van der Waals surface area contributed by atoms with Gasteiger partial charge in [0.1, 0.15) is 6.54 Å². The van der Waals surface area contributed by atoms with E-state index in [0.717, 1.165) is 6.08 Å². The van der Waals surface area contributed by atoms with E-state index in [1.54, 1.807) is 29.2 Å². The van der Waals surface area contributed by atoms with Gasteiger partial charge >= 0.3 is 0 Å². The molecule has 3 amide bonds. The Hall–Kier alpha value is -2.63. The minimum Gasteiger partial charge on any atom is -0.352 e. The molecule has 0 spiro atoms. The van der Waals surface area contributed by atoms with E-state index in [4.69, 9.17) is 0 Å². The number of carbonyl (C=O) groups excluding carboxylic acids is 3. The predicted octanol–water partition coefficient (Wildman–Crippen LogP) is 1.41. The van der Waals surface area contributed by atoms with Crippen molar-refractivity contribution in [1.82, 2.24) is 10.2 Å². The summed E-state index contributed by atoms with van der Waals surface area (Å²) in [6.07, 6.45) is 1.16. The Morgan fingerprint density at radius 3 is 2.83 bits per heavy atom. The van der Waals surface area contributed by atoms with Crippen LogP contribution in [0.4, 0.5) is 5.69 Å². The summed E-state index contributed by atoms with van der Waals surface area (Å²) in [5.74, 6) is -0.491. The first-order valence-electron chi connectivity index (χ1n) is 7.53. The molecule has 1 unspecified atom stereocenters. The minimum atomic E-state index is -0.341. The van der Waals surface area contributed by atoms with Crippen molar-refractivity contribution in [3.63, 3.8) is 0 Å². The molecule has 1 aromatic rings. The number of hydrogen-bond acceptors (Lipinski definition) is 3. The van der Waals surface area contributed by atoms with E-state index < -0.39 is 0 Å². The largest absolute Gasteiger partial charge is 0.352 e. The Bertz CT molecular complexity index is 640. The summed E-state index contributed by atoms with van der Waals surface area (Å²) >= 11 is 0. The Morgan fingerprint density at radius 2 is 2.17 bits per heavy atom. The molecule has 0 bridgehead atoms. The molecule has 1 fully saturated rings. The predicted molar refractivity (Wildman–Crippen MR) is 87.9 cm³/mol. The molecule has 6 heteroatoms. The van der Waals surface area contributed by atoms with Gasteiger partial charge in [-0.05, 0) is 30.2 Å². The van der Waals surface area contributed by atoms with Crippen molar-refractivity contribution in [2.75, 3.05) is 18.4 Å². The fourth-order valence-electron chi connectivity index (χ4n) is 2.56. The van der Waals surface area contributed by atoms with Gasteiger partial charge in [0, 0.05) is 17.8 Å². The maximum Gasteiger partial charge on any atom is 0.254 e. The lowest BCUT2D eigenvalue weighted by Gasteiger charge is -2.38. The molecule has 6 nitrogen and oxygen atoms in total. The number of rotatable bonds is 4. The molecule has 2 N–H and O–H groups in total. The number of piperazine rings is 1. The van der Waals surface area contributed by atoms with E-state index in [9.17, 15) is 14.4 Å². The molecule has 1 aliphatic rings. The number of anilines is 1. The number of amides is 3. The van der Waals surface area contributed by atoms with Crippen molar-refractivity contribution in [3.05, 3.63) is 42.5 Å². The highest BCUT2D eigenvalue weighted by molar-refractivity contribution is 6.01. The molecule has 1 heterocycles. The van der Waals surface area contributed by atoms with Crippen LogP contribution < -0.4 is 10.6 Å². The second kappa shape index (κ2) is 7.09. The van der Waals surface area contributed by atoms with Crippen LogP contribution in [0.5, 0.6) is 0 Å². The molecule has 0 radical (unpaired) electrons. The van der Waals surface area contributed by atoms with Crippen LogP contribution in [-0.4, -0.2) is 41.8 Å². The van der Waals surface area contributed by atoms with Gasteiger partial charge in [0.25, 0.3) is 5.91 Å². The summed E-state index contributed by atoms with van der Waals surface area (Å²) in [4.78, 5) is 37.4. The van der Waals surface area contributed by atoms with Crippen molar-refractivity contribution < 1.29 is 14.4 Å². The van der Waals surface area contributed by atoms with Crippen molar-refractivity contribution in [2.24, 2.45) is 5.92 Å². The first-order chi connectivity index (χ1) is 10.9. The lowest BCUT2D eigenvalue weighted by molar-refractivity contribution is -0.125. The zero-order chi connectivity index (χ0) is 17.0. The van der Waals surface area contributed by atoms with Crippen LogP contribution in [0.15, 0.2) is 36.9 Å². The molecule has 0 aliphatic carbocycles. The summed E-state index contributed by atoms with van der Waals surface area (Å²) in [6, 6.07) is 6.62. The molecule has 1 aromatic carbocycles. The third kappa shape index (κ3) is 3.97. The van der Waals surface area contributed by atoms with Crippen LogP contribution in [0.25, 0.3) is 0 Å². The van der Waals surface area contributed by atoms with Crippen LogP contribution in [-0.2, 0) is 9.59 Å². The molecule has 122 valence electrons. The van der Waals surface area contributed by atoms with Crippen molar-refractivity contribution in [1.29, 1.82) is 0 Å². The molecular formula is C17H21N3O3. The van der Waals surface area contributed by atoms with Crippen molar-refractivity contribution in [3.8, 4) is 0 Å². The lowest BCUT2D eigenvalue weighted by Crippen LogP contribution is -2.58. The summed E-state index contributed by atoms with van der Waals surface area (Å²) in [5, 5.41) is 5.42. The Balaban J connectivity index is 2.24. The van der Waals surface area contributed by atoms with Crippen molar-refractivity contribution in [2.45, 2.75) is 19.9 Å². The van der Waals surface area contributed by atoms with Gasteiger partial charge in [0.05, 0.1) is 6.04 Å². The molecule has 1 atom stereocenters. The molecule has 1 aliphatic heterocycles. The van der Waals surface area contributed by atoms with E-state index in [1.807, 2.05) is 13.8 Å². The maximum atomic E-state index is 12.8. The van der Waals surface area contributed by atoms with E-state index in [-0.39, 0.29) is 36.2 Å². The lowest BCUT2D eigenvalue weighted by atomic mass is 9.99. The fraction of sp³-hybridized carbons (Fsp3) is 0.353. The summed E-state index contributed by atoms with van der Waals surface area (Å²) in [7, 11) is 0. The summed E-state index contributed by atoms with van der Waals surface area (Å²) < 4.78 is 0. The smallest absolute Gasteiger partial charge is 0.254 e. The third-order valence-corrected chi connectivity index (χ3v) is 3.82. The van der Waals surface area contributed by atoms with E-state index in [1.165, 1.54) is 0 Å². The van der Waals surface area contributed by atoms with E-state index in [0.29, 0.717) is 17.8 Å². The monoisotopic (exact) mass is 315 g/mol. The SMILES string of the molecule is C=CC(=O)Nc1cccc(C(=O)N2CC(=O)NCC2C(C)C)c1. The Labute approximate surface area is 135 Å². The van der Waals surface area contributed by atoms with Gasteiger partial charge in [0.2, 0.25) is 11.8 Å². The molecule has 1 saturated heterocycles. The quantitative estimate of drug-likeness (QED) is 0.825. The maximum absolute atomic E-state index is 12.8. The van der Waals surface area contributed by atoms with Crippen LogP contribution in [0.2, 0.25) is 0 Å². The Kier molecular flexibility index (Phi) is 5.16. The average Bonchev–Trinajstić information content (AvgIpc) is 2.53. The van der Waals surface area contributed by atoms with Gasteiger partial charge in [-0.25, -0.2) is 0 Å². The minimum absolute atomic E-state index is 0.0466. The Morgan fingerprint density at radius 1 is 1.43 bits per heavy atom. The summed E-state index contributed by atoms with van der Waals surface area (Å²) in [6.45, 7) is 7.93. The van der Waals surface area contributed by atoms with Crippen molar-refractivity contribution >= 4 is 23.4 Å². The highest BCUT2D eigenvalue weighted by atomic mass is 16.2. The molecule has 0 saturated carbocycles. The van der Waals surface area contributed by atoms with Gasteiger partial charge < -0.3 is 15.5 Å². The average molecular weight is 315 g/mol. The van der Waals surface area contributed by atoms with E-state index in [2.05, 4.69) is 17.2 Å².